The Bertz CT molecular complexity index is 1040. The van der Waals surface area contributed by atoms with Crippen molar-refractivity contribution in [1.82, 2.24) is 0 Å². The Hall–Kier alpha value is -3.58. The topological polar surface area (TPSA) is 74.6 Å². The molecule has 0 saturated carbocycles. The molecule has 0 amide bonds. The van der Waals surface area contributed by atoms with E-state index >= 15 is 0 Å². The van der Waals surface area contributed by atoms with Gasteiger partial charge in [0.15, 0.2) is 46.5 Å². The minimum atomic E-state index is -2.85. The van der Waals surface area contributed by atoms with Crippen LogP contribution in [-0.4, -0.2) is 22.2 Å². The van der Waals surface area contributed by atoms with Crippen molar-refractivity contribution in [3.8, 4) is 0 Å². The van der Waals surface area contributed by atoms with E-state index in [4.69, 9.17) is 10.2 Å². The van der Waals surface area contributed by atoms with Gasteiger partial charge in [-0.25, -0.2) is 48.7 Å². The van der Waals surface area contributed by atoms with E-state index in [-0.39, 0.29) is 0 Å². The van der Waals surface area contributed by atoms with Crippen molar-refractivity contribution in [3.63, 3.8) is 0 Å². The van der Waals surface area contributed by atoms with Gasteiger partial charge >= 0.3 is 11.9 Å². The van der Waals surface area contributed by atoms with Crippen LogP contribution in [-0.2, 0) is 9.59 Å². The highest BCUT2D eigenvalue weighted by Crippen LogP contribution is 2.39. The highest BCUT2D eigenvalue weighted by atomic mass is 19.2. The summed E-state index contributed by atoms with van der Waals surface area (Å²) in [6.07, 6.45) is -1.89. The van der Waals surface area contributed by atoms with E-state index in [0.717, 1.165) is 0 Å². The molecule has 0 spiro atoms. The van der Waals surface area contributed by atoms with Crippen molar-refractivity contribution in [2.45, 2.75) is 6.42 Å². The molecule has 2 rings (SSSR count). The second kappa shape index (κ2) is 8.28. The Morgan fingerprint density at radius 1 is 0.516 bits per heavy atom. The van der Waals surface area contributed by atoms with Crippen molar-refractivity contribution in [3.05, 3.63) is 74.9 Å². The first-order chi connectivity index (χ1) is 14.2. The molecule has 0 aromatic heterocycles. The van der Waals surface area contributed by atoms with E-state index < -0.39 is 98.8 Å². The second-order valence-electron chi connectivity index (χ2n) is 5.62. The zero-order valence-electron chi connectivity index (χ0n) is 14.2. The molecule has 2 aromatic carbocycles. The van der Waals surface area contributed by atoms with Crippen LogP contribution in [0.2, 0.25) is 0 Å². The van der Waals surface area contributed by atoms with Crippen molar-refractivity contribution in [1.29, 1.82) is 0 Å². The number of carboxylic acid groups (broad SMARTS) is 2. The molecule has 0 saturated heterocycles. The summed E-state index contributed by atoms with van der Waals surface area (Å²) in [5.41, 5.74) is -9.04. The molecular weight excluding hydrogens is 458 g/mol. The molecule has 0 atom stereocenters. The average molecular weight is 462 g/mol. The lowest BCUT2D eigenvalue weighted by atomic mass is 9.89. The van der Waals surface area contributed by atoms with Crippen LogP contribution in [0.4, 0.5) is 43.9 Å². The molecule has 2 aromatic rings. The largest absolute Gasteiger partial charge is 0.481 e. The maximum Gasteiger partial charge on any atom is 0.332 e. The molecule has 2 N–H and O–H groups in total. The van der Waals surface area contributed by atoms with Gasteiger partial charge in [-0.15, -0.1) is 0 Å². The number of benzene rings is 2. The van der Waals surface area contributed by atoms with E-state index in [2.05, 4.69) is 0 Å². The lowest BCUT2D eigenvalue weighted by molar-refractivity contribution is -0.139. The minimum Gasteiger partial charge on any atom is -0.481 e. The van der Waals surface area contributed by atoms with E-state index in [1.54, 1.807) is 0 Å². The highest BCUT2D eigenvalue weighted by Gasteiger charge is 2.37. The molecule has 166 valence electrons. The van der Waals surface area contributed by atoms with E-state index in [1.165, 1.54) is 0 Å². The third-order valence-electron chi connectivity index (χ3n) is 3.81. The normalized spacial score (nSPS) is 10.9. The Morgan fingerprint density at radius 2 is 0.774 bits per heavy atom. The first-order valence-corrected chi connectivity index (χ1v) is 7.45. The number of hydrogen-bond acceptors (Lipinski definition) is 2. The smallest absolute Gasteiger partial charge is 0.332 e. The quantitative estimate of drug-likeness (QED) is 0.298. The summed E-state index contributed by atoms with van der Waals surface area (Å²) in [6.45, 7) is 0. The van der Waals surface area contributed by atoms with Gasteiger partial charge < -0.3 is 10.2 Å². The number of carboxylic acids is 2. The summed E-state index contributed by atoms with van der Waals surface area (Å²) in [5, 5.41) is 17.9. The minimum absolute atomic E-state index is 1.89. The first-order valence-electron chi connectivity index (χ1n) is 7.45. The number of halogens is 10. The molecule has 0 aliphatic heterocycles. The van der Waals surface area contributed by atoms with Crippen LogP contribution in [0.3, 0.4) is 0 Å². The fraction of sp³-hybridized carbons (Fsp3) is 0.0588. The summed E-state index contributed by atoms with van der Waals surface area (Å²) in [5.74, 6) is -33.0. The van der Waals surface area contributed by atoms with Crippen LogP contribution in [0, 0.1) is 58.2 Å². The van der Waals surface area contributed by atoms with Gasteiger partial charge in [0, 0.05) is 5.57 Å². The fourth-order valence-corrected chi connectivity index (χ4v) is 2.50. The van der Waals surface area contributed by atoms with E-state index in [1.807, 2.05) is 0 Å². The van der Waals surface area contributed by atoms with Crippen LogP contribution >= 0.6 is 0 Å². The maximum atomic E-state index is 14.2. The van der Waals surface area contributed by atoms with Crippen LogP contribution in [0.25, 0.3) is 5.57 Å². The molecular formula is C17H4F10O4. The molecule has 0 aliphatic rings. The number of aliphatic carboxylic acids is 2. The Labute approximate surface area is 163 Å². The first kappa shape index (κ1) is 23.7. The third kappa shape index (κ3) is 3.80. The number of rotatable bonds is 5. The summed E-state index contributed by atoms with van der Waals surface area (Å²) in [6, 6.07) is 0. The summed E-state index contributed by atoms with van der Waals surface area (Å²) >= 11 is 0. The molecule has 0 heterocycles. The molecule has 0 radical (unpaired) electrons. The predicted molar refractivity (Wildman–Crippen MR) is 78.4 cm³/mol. The maximum absolute atomic E-state index is 14.2. The van der Waals surface area contributed by atoms with Crippen LogP contribution in [0.1, 0.15) is 17.5 Å². The Morgan fingerprint density at radius 3 is 1.00 bits per heavy atom. The number of carbonyl (C=O) groups is 2. The van der Waals surface area contributed by atoms with Crippen molar-refractivity contribution in [2.24, 2.45) is 0 Å². The Kier molecular flexibility index (Phi) is 6.33. The van der Waals surface area contributed by atoms with Gasteiger partial charge in [-0.2, -0.15) is 0 Å². The Balaban J connectivity index is 3.27. The van der Waals surface area contributed by atoms with E-state index in [9.17, 15) is 53.5 Å². The lowest BCUT2D eigenvalue weighted by Crippen LogP contribution is -2.17. The van der Waals surface area contributed by atoms with Gasteiger partial charge in [-0.3, -0.25) is 4.79 Å². The molecule has 0 bridgehead atoms. The standard InChI is InChI=1S/C17H4F10O4/c18-7-5(8(19)12(23)15(26)11(7)22)4(2(17(30)31)1-3(28)29)6-9(20)13(24)16(27)14(25)10(6)21/h1H2,(H,28,29)(H,30,31). The summed E-state index contributed by atoms with van der Waals surface area (Å²) in [4.78, 5) is 22.3. The third-order valence-corrected chi connectivity index (χ3v) is 3.81. The van der Waals surface area contributed by atoms with Gasteiger partial charge in [0.1, 0.15) is 0 Å². The molecule has 0 aliphatic carbocycles. The van der Waals surface area contributed by atoms with Crippen LogP contribution in [0.5, 0.6) is 0 Å². The molecule has 4 nitrogen and oxygen atoms in total. The monoisotopic (exact) mass is 462 g/mol. The average Bonchev–Trinajstić information content (AvgIpc) is 2.70. The molecule has 0 unspecified atom stereocenters. The highest BCUT2D eigenvalue weighted by molar-refractivity contribution is 6.04. The van der Waals surface area contributed by atoms with Crippen molar-refractivity contribution >= 4 is 17.5 Å². The van der Waals surface area contributed by atoms with Gasteiger partial charge in [0.05, 0.1) is 23.1 Å². The van der Waals surface area contributed by atoms with Gasteiger partial charge in [0.25, 0.3) is 0 Å². The predicted octanol–water partition coefficient (Wildman–Crippen LogP) is 4.44. The second-order valence-corrected chi connectivity index (χ2v) is 5.62. The fourth-order valence-electron chi connectivity index (χ4n) is 2.50. The van der Waals surface area contributed by atoms with Gasteiger partial charge in [-0.05, 0) is 0 Å². The van der Waals surface area contributed by atoms with Crippen molar-refractivity contribution < 1.29 is 63.7 Å². The molecule has 14 heteroatoms. The van der Waals surface area contributed by atoms with Crippen LogP contribution in [0.15, 0.2) is 5.57 Å². The van der Waals surface area contributed by atoms with Crippen molar-refractivity contribution in [2.75, 3.05) is 0 Å². The van der Waals surface area contributed by atoms with Crippen LogP contribution < -0.4 is 0 Å². The van der Waals surface area contributed by atoms with E-state index in [0.29, 0.717) is 0 Å². The summed E-state index contributed by atoms with van der Waals surface area (Å²) < 4.78 is 138. The van der Waals surface area contributed by atoms with Gasteiger partial charge in [0.2, 0.25) is 11.6 Å². The lowest BCUT2D eigenvalue weighted by Gasteiger charge is -2.17. The summed E-state index contributed by atoms with van der Waals surface area (Å²) in [7, 11) is 0. The molecule has 0 fully saturated rings. The molecule has 31 heavy (non-hydrogen) atoms. The zero-order chi connectivity index (χ0) is 23.9. The SMILES string of the molecule is O=C(O)CC(C(=O)O)=C(c1c(F)c(F)c(F)c(F)c1F)c1c(F)c(F)c(F)c(F)c1F. The number of hydrogen-bond donors (Lipinski definition) is 2. The zero-order valence-corrected chi connectivity index (χ0v) is 14.2. The van der Waals surface area contributed by atoms with Gasteiger partial charge in [-0.1, -0.05) is 0 Å².